The highest BCUT2D eigenvalue weighted by molar-refractivity contribution is 7.90. The maximum atomic E-state index is 12.3. The third-order valence-electron chi connectivity index (χ3n) is 2.96. The van der Waals surface area contributed by atoms with E-state index < -0.39 is 42.4 Å². The van der Waals surface area contributed by atoms with Crippen LogP contribution >= 0.6 is 0 Å². The average Bonchev–Trinajstić information content (AvgIpc) is 2.47. The maximum Gasteiger partial charge on any atom is 0.280 e. The Morgan fingerprint density at radius 2 is 1.32 bits per heavy atom. The first-order valence-electron chi connectivity index (χ1n) is 6.01. The van der Waals surface area contributed by atoms with E-state index in [0.717, 1.165) is 18.2 Å². The fourth-order valence-corrected chi connectivity index (χ4v) is 3.37. The lowest BCUT2D eigenvalue weighted by Crippen LogP contribution is -2.09. The number of sulfone groups is 1. The van der Waals surface area contributed by atoms with Crippen molar-refractivity contribution in [3.05, 3.63) is 74.3 Å². The first-order valence-corrected chi connectivity index (χ1v) is 7.66. The predicted molar refractivity (Wildman–Crippen MR) is 77.1 cm³/mol. The van der Waals surface area contributed by atoms with Crippen LogP contribution in [0.15, 0.2) is 53.4 Å². The van der Waals surface area contributed by atoms with Crippen molar-refractivity contribution in [1.82, 2.24) is 0 Å². The second-order valence-electron chi connectivity index (χ2n) is 4.36. The van der Waals surface area contributed by atoms with Crippen LogP contribution in [-0.4, -0.2) is 18.3 Å². The standard InChI is InChI=1S/C13H10N2O6S/c16-14(17)12-7-4-8-13(15(18)19)11(12)9-22(20,21)10-5-2-1-3-6-10/h1-8H,9H2. The summed E-state index contributed by atoms with van der Waals surface area (Å²) in [5.41, 5.74) is -1.61. The molecular formula is C13H10N2O6S. The van der Waals surface area contributed by atoms with Gasteiger partial charge in [-0.05, 0) is 18.2 Å². The van der Waals surface area contributed by atoms with Gasteiger partial charge in [0.1, 0.15) is 5.56 Å². The summed E-state index contributed by atoms with van der Waals surface area (Å²) < 4.78 is 24.6. The van der Waals surface area contributed by atoms with E-state index in [1.54, 1.807) is 6.07 Å². The molecule has 8 nitrogen and oxygen atoms in total. The van der Waals surface area contributed by atoms with Gasteiger partial charge in [-0.25, -0.2) is 8.42 Å². The van der Waals surface area contributed by atoms with Crippen LogP contribution in [-0.2, 0) is 15.6 Å². The largest absolute Gasteiger partial charge is 0.280 e. The normalized spacial score (nSPS) is 11.1. The highest BCUT2D eigenvalue weighted by Gasteiger charge is 2.29. The lowest BCUT2D eigenvalue weighted by atomic mass is 10.1. The van der Waals surface area contributed by atoms with E-state index in [1.807, 2.05) is 0 Å². The Hall–Kier alpha value is -2.81. The minimum Gasteiger partial charge on any atom is -0.258 e. The molecule has 0 aliphatic rings. The summed E-state index contributed by atoms with van der Waals surface area (Å²) in [6, 6.07) is 10.5. The molecule has 22 heavy (non-hydrogen) atoms. The van der Waals surface area contributed by atoms with Gasteiger partial charge in [0.2, 0.25) is 0 Å². The molecule has 2 aromatic carbocycles. The highest BCUT2D eigenvalue weighted by Crippen LogP contribution is 2.31. The Morgan fingerprint density at radius 1 is 0.818 bits per heavy atom. The van der Waals surface area contributed by atoms with E-state index in [4.69, 9.17) is 0 Å². The molecule has 2 aromatic rings. The van der Waals surface area contributed by atoms with Gasteiger partial charge in [0.05, 0.1) is 20.5 Å². The molecule has 9 heteroatoms. The van der Waals surface area contributed by atoms with Crippen molar-refractivity contribution in [2.45, 2.75) is 10.6 Å². The molecule has 0 spiro atoms. The summed E-state index contributed by atoms with van der Waals surface area (Å²) in [6.07, 6.45) is 0. The molecule has 0 saturated carbocycles. The third-order valence-corrected chi connectivity index (χ3v) is 4.62. The quantitative estimate of drug-likeness (QED) is 0.616. The van der Waals surface area contributed by atoms with Gasteiger partial charge in [0.25, 0.3) is 11.4 Å². The average molecular weight is 322 g/mol. The van der Waals surface area contributed by atoms with Crippen LogP contribution in [0, 0.1) is 20.2 Å². The Balaban J connectivity index is 2.58. The summed E-state index contributed by atoms with van der Waals surface area (Å²) in [6.45, 7) is 0. The van der Waals surface area contributed by atoms with Crippen molar-refractivity contribution in [3.63, 3.8) is 0 Å². The number of hydrogen-bond acceptors (Lipinski definition) is 6. The van der Waals surface area contributed by atoms with Gasteiger partial charge < -0.3 is 0 Å². The molecule has 0 N–H and O–H groups in total. The van der Waals surface area contributed by atoms with E-state index in [0.29, 0.717) is 0 Å². The van der Waals surface area contributed by atoms with Crippen LogP contribution in [0.1, 0.15) is 5.56 Å². The summed E-state index contributed by atoms with van der Waals surface area (Å²) in [4.78, 5) is 20.3. The molecule has 0 amide bonds. The zero-order valence-electron chi connectivity index (χ0n) is 11.1. The molecule has 0 aliphatic carbocycles. The van der Waals surface area contributed by atoms with E-state index >= 15 is 0 Å². The lowest BCUT2D eigenvalue weighted by molar-refractivity contribution is -0.395. The smallest absolute Gasteiger partial charge is 0.258 e. The predicted octanol–water partition coefficient (Wildman–Crippen LogP) is 2.48. The van der Waals surface area contributed by atoms with Gasteiger partial charge in [-0.1, -0.05) is 18.2 Å². The first kappa shape index (κ1) is 15.6. The molecule has 0 fully saturated rings. The number of benzene rings is 2. The maximum absolute atomic E-state index is 12.3. The molecule has 0 unspecified atom stereocenters. The Morgan fingerprint density at radius 3 is 1.77 bits per heavy atom. The molecule has 2 rings (SSSR count). The zero-order chi connectivity index (χ0) is 16.3. The van der Waals surface area contributed by atoms with Gasteiger partial charge in [0.15, 0.2) is 9.84 Å². The molecule has 0 atom stereocenters. The van der Waals surface area contributed by atoms with E-state index in [1.165, 1.54) is 24.3 Å². The number of nitro groups is 2. The zero-order valence-corrected chi connectivity index (χ0v) is 11.9. The summed E-state index contributed by atoms with van der Waals surface area (Å²) in [7, 11) is -3.93. The van der Waals surface area contributed by atoms with Crippen LogP contribution in [0.4, 0.5) is 11.4 Å². The van der Waals surface area contributed by atoms with Crippen LogP contribution < -0.4 is 0 Å². The number of rotatable bonds is 5. The topological polar surface area (TPSA) is 120 Å². The molecule has 0 heterocycles. The van der Waals surface area contributed by atoms with Crippen molar-refractivity contribution < 1.29 is 18.3 Å². The number of hydrogen-bond donors (Lipinski definition) is 0. The lowest BCUT2D eigenvalue weighted by Gasteiger charge is -2.06. The fraction of sp³-hybridized carbons (Fsp3) is 0.0769. The second-order valence-corrected chi connectivity index (χ2v) is 6.35. The Bertz CT molecular complexity index is 801. The summed E-state index contributed by atoms with van der Waals surface area (Å²) >= 11 is 0. The third kappa shape index (κ3) is 3.09. The van der Waals surface area contributed by atoms with Gasteiger partial charge in [-0.15, -0.1) is 0 Å². The minimum atomic E-state index is -3.93. The molecular weight excluding hydrogens is 312 g/mol. The highest BCUT2D eigenvalue weighted by atomic mass is 32.2. The van der Waals surface area contributed by atoms with E-state index in [2.05, 4.69) is 0 Å². The van der Waals surface area contributed by atoms with E-state index in [-0.39, 0.29) is 4.90 Å². The van der Waals surface area contributed by atoms with Gasteiger partial charge in [-0.2, -0.15) is 0 Å². The van der Waals surface area contributed by atoms with Crippen molar-refractivity contribution in [2.24, 2.45) is 0 Å². The van der Waals surface area contributed by atoms with Crippen LogP contribution in [0.3, 0.4) is 0 Å². The van der Waals surface area contributed by atoms with Crippen molar-refractivity contribution in [3.8, 4) is 0 Å². The SMILES string of the molecule is O=[N+]([O-])c1cccc([N+](=O)[O-])c1CS(=O)(=O)c1ccccc1. The minimum absolute atomic E-state index is 0.0533. The molecule has 0 saturated heterocycles. The molecule has 0 bridgehead atoms. The summed E-state index contributed by atoms with van der Waals surface area (Å²) in [5.74, 6) is -0.815. The monoisotopic (exact) mass is 322 g/mol. The van der Waals surface area contributed by atoms with Crippen LogP contribution in [0.5, 0.6) is 0 Å². The first-order chi connectivity index (χ1) is 10.3. The molecule has 114 valence electrons. The van der Waals surface area contributed by atoms with Gasteiger partial charge in [0, 0.05) is 12.1 Å². The molecule has 0 aliphatic heterocycles. The van der Waals surface area contributed by atoms with Crippen molar-refractivity contribution in [1.29, 1.82) is 0 Å². The van der Waals surface area contributed by atoms with E-state index in [9.17, 15) is 28.6 Å². The fourth-order valence-electron chi connectivity index (χ4n) is 1.95. The van der Waals surface area contributed by atoms with Gasteiger partial charge in [-0.3, -0.25) is 20.2 Å². The van der Waals surface area contributed by atoms with Crippen molar-refractivity contribution >= 4 is 21.2 Å². The van der Waals surface area contributed by atoms with Crippen LogP contribution in [0.25, 0.3) is 0 Å². The van der Waals surface area contributed by atoms with Crippen LogP contribution in [0.2, 0.25) is 0 Å². The Labute approximate surface area is 125 Å². The second kappa shape index (κ2) is 5.90. The molecule has 0 aromatic heterocycles. The van der Waals surface area contributed by atoms with Gasteiger partial charge >= 0.3 is 0 Å². The molecule has 0 radical (unpaired) electrons. The number of nitrogens with zero attached hydrogens (tertiary/aromatic N) is 2. The Kier molecular flexibility index (Phi) is 4.18. The summed E-state index contributed by atoms with van der Waals surface area (Å²) in [5, 5.41) is 22.0. The number of nitro benzene ring substituents is 2. The van der Waals surface area contributed by atoms with Crippen molar-refractivity contribution in [2.75, 3.05) is 0 Å².